The Labute approximate surface area is 119 Å². The van der Waals surface area contributed by atoms with Gasteiger partial charge in [-0.05, 0) is 50.1 Å². The highest BCUT2D eigenvalue weighted by molar-refractivity contribution is 4.86. The van der Waals surface area contributed by atoms with Crippen molar-refractivity contribution in [2.75, 3.05) is 32.7 Å². The number of hydrogen-bond donors (Lipinski definition) is 2. The second kappa shape index (κ2) is 8.23. The summed E-state index contributed by atoms with van der Waals surface area (Å²) in [6.07, 6.45) is 4.62. The lowest BCUT2D eigenvalue weighted by Crippen LogP contribution is -2.50. The summed E-state index contributed by atoms with van der Waals surface area (Å²) >= 11 is 0. The largest absolute Gasteiger partial charge is 0.392 e. The molecular formula is C16H34N2O. The lowest BCUT2D eigenvalue weighted by atomic mass is 9.80. The number of β-amino-alcohol motifs (C(OH)–C–C–N with tert-alkyl or cyclic N) is 1. The maximum atomic E-state index is 10.0. The third kappa shape index (κ3) is 5.05. The molecule has 114 valence electrons. The van der Waals surface area contributed by atoms with Gasteiger partial charge in [0.1, 0.15) is 0 Å². The Balaban J connectivity index is 2.52. The Bertz CT molecular complexity index is 241. The van der Waals surface area contributed by atoms with Gasteiger partial charge in [-0.3, -0.25) is 0 Å². The molecule has 0 saturated carbocycles. The van der Waals surface area contributed by atoms with Gasteiger partial charge in [-0.25, -0.2) is 0 Å². The van der Waals surface area contributed by atoms with Crippen LogP contribution in [0.2, 0.25) is 0 Å². The summed E-state index contributed by atoms with van der Waals surface area (Å²) in [7, 11) is 0. The normalized spacial score (nSPS) is 25.7. The Kier molecular flexibility index (Phi) is 7.33. The number of nitrogens with zero attached hydrogens (tertiary/aromatic N) is 1. The van der Waals surface area contributed by atoms with Gasteiger partial charge in [-0.15, -0.1) is 0 Å². The number of hydrogen-bond acceptors (Lipinski definition) is 3. The zero-order chi connectivity index (χ0) is 14.3. The molecule has 3 heteroatoms. The average Bonchev–Trinajstić information content (AvgIpc) is 2.42. The van der Waals surface area contributed by atoms with Crippen molar-refractivity contribution in [2.45, 2.75) is 59.5 Å². The van der Waals surface area contributed by atoms with E-state index < -0.39 is 0 Å². The van der Waals surface area contributed by atoms with Crippen LogP contribution in [0.3, 0.4) is 0 Å². The van der Waals surface area contributed by atoms with Crippen LogP contribution >= 0.6 is 0 Å². The predicted octanol–water partition coefficient (Wildman–Crippen LogP) is 2.50. The molecule has 2 unspecified atom stereocenters. The summed E-state index contributed by atoms with van der Waals surface area (Å²) in [6, 6.07) is 0. The van der Waals surface area contributed by atoms with Crippen LogP contribution in [0.5, 0.6) is 0 Å². The zero-order valence-electron chi connectivity index (χ0n) is 13.4. The molecule has 0 aromatic heterocycles. The van der Waals surface area contributed by atoms with E-state index >= 15 is 0 Å². The first-order valence-electron chi connectivity index (χ1n) is 8.18. The second-order valence-electron chi connectivity index (χ2n) is 6.45. The van der Waals surface area contributed by atoms with Crippen LogP contribution in [-0.4, -0.2) is 48.8 Å². The van der Waals surface area contributed by atoms with E-state index in [-0.39, 0.29) is 6.10 Å². The molecule has 1 aliphatic heterocycles. The van der Waals surface area contributed by atoms with Crippen molar-refractivity contribution in [1.29, 1.82) is 0 Å². The Morgan fingerprint density at radius 2 is 1.95 bits per heavy atom. The van der Waals surface area contributed by atoms with Gasteiger partial charge in [-0.1, -0.05) is 27.7 Å². The van der Waals surface area contributed by atoms with Gasteiger partial charge in [0.15, 0.2) is 0 Å². The number of rotatable bonds is 8. The number of likely N-dealkylation sites (tertiary alicyclic amines) is 1. The van der Waals surface area contributed by atoms with E-state index in [1.807, 2.05) is 0 Å². The zero-order valence-corrected chi connectivity index (χ0v) is 13.4. The molecule has 0 aromatic carbocycles. The summed E-state index contributed by atoms with van der Waals surface area (Å²) in [5.41, 5.74) is 0.371. The van der Waals surface area contributed by atoms with E-state index in [0.717, 1.165) is 39.1 Å². The molecule has 19 heavy (non-hydrogen) atoms. The molecule has 0 bridgehead atoms. The van der Waals surface area contributed by atoms with Crippen molar-refractivity contribution in [3.8, 4) is 0 Å². The molecule has 1 rings (SSSR count). The summed E-state index contributed by atoms with van der Waals surface area (Å²) < 4.78 is 0. The number of piperidine rings is 1. The lowest BCUT2D eigenvalue weighted by molar-refractivity contribution is 0.00779. The van der Waals surface area contributed by atoms with Gasteiger partial charge in [0.05, 0.1) is 6.10 Å². The molecule has 0 aromatic rings. The van der Waals surface area contributed by atoms with Crippen LogP contribution in [0.1, 0.15) is 53.4 Å². The number of aliphatic hydroxyl groups is 1. The van der Waals surface area contributed by atoms with Crippen molar-refractivity contribution in [2.24, 2.45) is 11.3 Å². The smallest absolute Gasteiger partial charge is 0.0693 e. The van der Waals surface area contributed by atoms with Crippen LogP contribution in [0.15, 0.2) is 0 Å². The first-order valence-corrected chi connectivity index (χ1v) is 8.18. The van der Waals surface area contributed by atoms with Crippen LogP contribution in [0.25, 0.3) is 0 Å². The fourth-order valence-corrected chi connectivity index (χ4v) is 3.04. The first-order chi connectivity index (χ1) is 9.06. The van der Waals surface area contributed by atoms with E-state index in [4.69, 9.17) is 0 Å². The molecule has 0 radical (unpaired) electrons. The molecular weight excluding hydrogens is 236 g/mol. The number of nitrogens with one attached hydrogen (secondary N) is 1. The van der Waals surface area contributed by atoms with Gasteiger partial charge in [0, 0.05) is 19.6 Å². The Hall–Kier alpha value is -0.120. The molecule has 0 amide bonds. The highest BCUT2D eigenvalue weighted by Gasteiger charge is 2.32. The maximum Gasteiger partial charge on any atom is 0.0693 e. The van der Waals surface area contributed by atoms with Gasteiger partial charge in [0.2, 0.25) is 0 Å². The molecule has 0 aliphatic carbocycles. The second-order valence-corrected chi connectivity index (χ2v) is 6.45. The summed E-state index contributed by atoms with van der Waals surface area (Å²) in [5, 5.41) is 13.6. The van der Waals surface area contributed by atoms with Crippen LogP contribution in [0.4, 0.5) is 0 Å². The Morgan fingerprint density at radius 3 is 2.47 bits per heavy atom. The van der Waals surface area contributed by atoms with Crippen molar-refractivity contribution >= 4 is 0 Å². The van der Waals surface area contributed by atoms with Crippen molar-refractivity contribution in [3.05, 3.63) is 0 Å². The average molecular weight is 270 g/mol. The minimum atomic E-state index is -0.135. The highest BCUT2D eigenvalue weighted by atomic mass is 16.3. The lowest BCUT2D eigenvalue weighted by Gasteiger charge is -2.41. The van der Waals surface area contributed by atoms with E-state index in [2.05, 4.69) is 37.9 Å². The van der Waals surface area contributed by atoms with Crippen LogP contribution < -0.4 is 5.32 Å². The SMILES string of the molecule is CCCNCC(CC)(CC)CN1CCC(C)C(O)C1. The summed E-state index contributed by atoms with van der Waals surface area (Å²) in [5.74, 6) is 0.465. The van der Waals surface area contributed by atoms with E-state index in [9.17, 15) is 5.11 Å². The number of aliphatic hydroxyl groups excluding tert-OH is 1. The molecule has 2 N–H and O–H groups in total. The summed E-state index contributed by atoms with van der Waals surface area (Å²) in [4.78, 5) is 2.48. The van der Waals surface area contributed by atoms with Crippen molar-refractivity contribution < 1.29 is 5.11 Å². The molecule has 2 atom stereocenters. The molecule has 1 fully saturated rings. The highest BCUT2D eigenvalue weighted by Crippen LogP contribution is 2.29. The van der Waals surface area contributed by atoms with Gasteiger partial charge in [0.25, 0.3) is 0 Å². The van der Waals surface area contributed by atoms with E-state index in [0.29, 0.717) is 11.3 Å². The minimum Gasteiger partial charge on any atom is -0.392 e. The topological polar surface area (TPSA) is 35.5 Å². The van der Waals surface area contributed by atoms with Crippen molar-refractivity contribution in [3.63, 3.8) is 0 Å². The van der Waals surface area contributed by atoms with E-state index in [1.54, 1.807) is 0 Å². The van der Waals surface area contributed by atoms with Crippen LogP contribution in [0, 0.1) is 11.3 Å². The van der Waals surface area contributed by atoms with Gasteiger partial charge < -0.3 is 15.3 Å². The maximum absolute atomic E-state index is 10.0. The molecule has 1 saturated heterocycles. The fraction of sp³-hybridized carbons (Fsp3) is 1.00. The van der Waals surface area contributed by atoms with Gasteiger partial charge in [-0.2, -0.15) is 0 Å². The fourth-order valence-electron chi connectivity index (χ4n) is 3.04. The third-order valence-electron chi connectivity index (χ3n) is 4.99. The molecule has 0 spiro atoms. The van der Waals surface area contributed by atoms with Crippen LogP contribution in [-0.2, 0) is 0 Å². The third-order valence-corrected chi connectivity index (χ3v) is 4.99. The van der Waals surface area contributed by atoms with Crippen molar-refractivity contribution in [1.82, 2.24) is 10.2 Å². The standard InChI is InChI=1S/C16H34N2O/c1-5-9-17-12-16(6-2,7-3)13-18-10-8-14(4)15(19)11-18/h14-15,17,19H,5-13H2,1-4H3. The summed E-state index contributed by atoms with van der Waals surface area (Å²) in [6.45, 7) is 14.3. The molecule has 1 aliphatic rings. The monoisotopic (exact) mass is 270 g/mol. The molecule has 3 nitrogen and oxygen atoms in total. The van der Waals surface area contributed by atoms with E-state index in [1.165, 1.54) is 19.3 Å². The first kappa shape index (κ1) is 16.9. The minimum absolute atomic E-state index is 0.135. The quantitative estimate of drug-likeness (QED) is 0.665. The predicted molar refractivity (Wildman–Crippen MR) is 82.4 cm³/mol. The molecule has 1 heterocycles. The Morgan fingerprint density at radius 1 is 1.26 bits per heavy atom. The van der Waals surface area contributed by atoms with Gasteiger partial charge >= 0.3 is 0 Å².